The molecule has 3 aliphatic carbocycles. The Labute approximate surface area is 117 Å². The van der Waals surface area contributed by atoms with E-state index in [1.807, 2.05) is 0 Å². The first-order valence-corrected chi connectivity index (χ1v) is 8.35. The molecule has 0 amide bonds. The van der Waals surface area contributed by atoms with Crippen LogP contribution in [-0.2, 0) is 0 Å². The van der Waals surface area contributed by atoms with Gasteiger partial charge >= 0.3 is 0 Å². The summed E-state index contributed by atoms with van der Waals surface area (Å²) < 4.78 is 0. The molecule has 3 aliphatic rings. The number of nitriles is 1. The first-order chi connectivity index (χ1) is 9.22. The third-order valence-corrected chi connectivity index (χ3v) is 6.41. The van der Waals surface area contributed by atoms with E-state index in [4.69, 9.17) is 0 Å². The van der Waals surface area contributed by atoms with Crippen molar-refractivity contribution >= 4 is 0 Å². The van der Waals surface area contributed by atoms with E-state index < -0.39 is 11.0 Å². The summed E-state index contributed by atoms with van der Waals surface area (Å²) in [5, 5.41) is 21.1. The van der Waals surface area contributed by atoms with Gasteiger partial charge in [-0.1, -0.05) is 51.4 Å². The Kier molecular flexibility index (Phi) is 3.60. The Morgan fingerprint density at radius 1 is 0.842 bits per heavy atom. The van der Waals surface area contributed by atoms with E-state index in [1.54, 1.807) is 0 Å². The summed E-state index contributed by atoms with van der Waals surface area (Å²) in [7, 11) is 0. The van der Waals surface area contributed by atoms with Crippen molar-refractivity contribution in [2.75, 3.05) is 0 Å². The fraction of sp³-hybridized carbons (Fsp3) is 0.941. The first-order valence-electron chi connectivity index (χ1n) is 8.35. The van der Waals surface area contributed by atoms with Crippen LogP contribution in [-0.4, -0.2) is 10.7 Å². The molecule has 0 bridgehead atoms. The van der Waals surface area contributed by atoms with Gasteiger partial charge in [0.15, 0.2) is 0 Å². The average Bonchev–Trinajstić information content (AvgIpc) is 2.39. The van der Waals surface area contributed by atoms with Gasteiger partial charge in [0.1, 0.15) is 0 Å². The molecular formula is C17H27NO. The van der Waals surface area contributed by atoms with Crippen LogP contribution < -0.4 is 0 Å². The lowest BCUT2D eigenvalue weighted by Crippen LogP contribution is -2.59. The fourth-order valence-corrected chi connectivity index (χ4v) is 5.11. The Bertz CT molecular complexity index is 362. The van der Waals surface area contributed by atoms with Crippen molar-refractivity contribution in [2.24, 2.45) is 17.3 Å². The van der Waals surface area contributed by atoms with E-state index in [0.29, 0.717) is 11.8 Å². The minimum Gasteiger partial charge on any atom is -0.388 e. The highest BCUT2D eigenvalue weighted by atomic mass is 16.3. The zero-order valence-electron chi connectivity index (χ0n) is 12.0. The lowest BCUT2D eigenvalue weighted by molar-refractivity contribution is -0.170. The Hall–Kier alpha value is -0.550. The minimum absolute atomic E-state index is 0.393. The third-order valence-electron chi connectivity index (χ3n) is 6.41. The van der Waals surface area contributed by atoms with Crippen LogP contribution in [0.5, 0.6) is 0 Å². The summed E-state index contributed by atoms with van der Waals surface area (Å²) in [6, 6.07) is 2.54. The Balaban J connectivity index is 1.85. The van der Waals surface area contributed by atoms with Gasteiger partial charge in [-0.2, -0.15) is 5.26 Å². The summed E-state index contributed by atoms with van der Waals surface area (Å²) in [5.74, 6) is 1.09. The van der Waals surface area contributed by atoms with Gasteiger partial charge in [0.25, 0.3) is 0 Å². The van der Waals surface area contributed by atoms with Crippen LogP contribution in [0.15, 0.2) is 0 Å². The molecule has 2 unspecified atom stereocenters. The van der Waals surface area contributed by atoms with Crippen molar-refractivity contribution in [3.05, 3.63) is 0 Å². The van der Waals surface area contributed by atoms with Gasteiger partial charge < -0.3 is 5.11 Å². The van der Waals surface area contributed by atoms with Crippen LogP contribution in [0.4, 0.5) is 0 Å². The number of hydrogen-bond acceptors (Lipinski definition) is 2. The van der Waals surface area contributed by atoms with E-state index in [-0.39, 0.29) is 0 Å². The van der Waals surface area contributed by atoms with Crippen LogP contribution in [0.2, 0.25) is 0 Å². The van der Waals surface area contributed by atoms with Crippen molar-refractivity contribution in [3.8, 4) is 6.07 Å². The summed E-state index contributed by atoms with van der Waals surface area (Å²) >= 11 is 0. The summed E-state index contributed by atoms with van der Waals surface area (Å²) in [6.07, 6.45) is 14.0. The molecule has 0 aromatic heterocycles. The molecule has 3 saturated carbocycles. The number of hydrogen-bond donors (Lipinski definition) is 1. The van der Waals surface area contributed by atoms with Crippen molar-refractivity contribution < 1.29 is 5.11 Å². The molecule has 19 heavy (non-hydrogen) atoms. The van der Waals surface area contributed by atoms with Gasteiger partial charge in [-0.05, 0) is 37.5 Å². The third kappa shape index (κ3) is 2.02. The summed E-state index contributed by atoms with van der Waals surface area (Å²) in [6.45, 7) is 0. The monoisotopic (exact) mass is 261 g/mol. The fourth-order valence-electron chi connectivity index (χ4n) is 5.11. The number of nitrogens with zero attached hydrogens (tertiary/aromatic N) is 1. The van der Waals surface area contributed by atoms with Gasteiger partial charge in [-0.15, -0.1) is 0 Å². The van der Waals surface area contributed by atoms with Gasteiger partial charge in [-0.3, -0.25) is 0 Å². The second-order valence-corrected chi connectivity index (χ2v) is 7.22. The maximum absolute atomic E-state index is 11.4. The van der Waals surface area contributed by atoms with Crippen LogP contribution in [0, 0.1) is 28.6 Å². The molecule has 3 fully saturated rings. The highest BCUT2D eigenvalue weighted by Gasteiger charge is 2.59. The standard InChI is InChI=1S/C17H27NO/c18-13-16(10-6-11-16)17(19)12-5-4-9-15(17)14-7-2-1-3-8-14/h14-15,19H,1-12H2. The van der Waals surface area contributed by atoms with Gasteiger partial charge in [0, 0.05) is 0 Å². The largest absolute Gasteiger partial charge is 0.388 e. The topological polar surface area (TPSA) is 44.0 Å². The van der Waals surface area contributed by atoms with E-state index in [2.05, 4.69) is 6.07 Å². The second-order valence-electron chi connectivity index (χ2n) is 7.22. The van der Waals surface area contributed by atoms with Crippen molar-refractivity contribution in [2.45, 2.75) is 82.7 Å². The van der Waals surface area contributed by atoms with Crippen LogP contribution in [0.1, 0.15) is 77.0 Å². The van der Waals surface area contributed by atoms with Gasteiger partial charge in [-0.25, -0.2) is 0 Å². The molecule has 0 aromatic rings. The zero-order valence-corrected chi connectivity index (χ0v) is 12.0. The predicted octanol–water partition coefficient (Wildman–Crippen LogP) is 4.18. The molecule has 2 nitrogen and oxygen atoms in total. The zero-order chi connectivity index (χ0) is 13.3. The van der Waals surface area contributed by atoms with Crippen molar-refractivity contribution in [1.29, 1.82) is 5.26 Å². The highest BCUT2D eigenvalue weighted by molar-refractivity contribution is 5.18. The van der Waals surface area contributed by atoms with E-state index in [9.17, 15) is 10.4 Å². The van der Waals surface area contributed by atoms with E-state index in [0.717, 1.165) is 38.5 Å². The molecule has 1 N–H and O–H groups in total. The van der Waals surface area contributed by atoms with Crippen molar-refractivity contribution in [3.63, 3.8) is 0 Å². The van der Waals surface area contributed by atoms with Crippen LogP contribution >= 0.6 is 0 Å². The summed E-state index contributed by atoms with van der Waals surface area (Å²) in [5.41, 5.74) is -1.06. The van der Waals surface area contributed by atoms with Crippen molar-refractivity contribution in [1.82, 2.24) is 0 Å². The molecule has 0 spiro atoms. The maximum Gasteiger partial charge on any atom is 0.0863 e. The highest BCUT2D eigenvalue weighted by Crippen LogP contribution is 2.58. The van der Waals surface area contributed by atoms with Crippen LogP contribution in [0.25, 0.3) is 0 Å². The van der Waals surface area contributed by atoms with Gasteiger partial charge in [0.05, 0.1) is 17.1 Å². The molecule has 106 valence electrons. The molecular weight excluding hydrogens is 234 g/mol. The van der Waals surface area contributed by atoms with E-state index in [1.165, 1.54) is 38.5 Å². The van der Waals surface area contributed by atoms with Crippen LogP contribution in [0.3, 0.4) is 0 Å². The molecule has 0 saturated heterocycles. The molecule has 3 rings (SSSR count). The summed E-state index contributed by atoms with van der Waals surface area (Å²) in [4.78, 5) is 0. The average molecular weight is 261 g/mol. The molecule has 2 atom stereocenters. The lowest BCUT2D eigenvalue weighted by Gasteiger charge is -2.56. The SMILES string of the molecule is N#CC1(C2(O)CCCCC2C2CCCCC2)CCC1. The van der Waals surface area contributed by atoms with E-state index >= 15 is 0 Å². The van der Waals surface area contributed by atoms with Gasteiger partial charge in [0.2, 0.25) is 0 Å². The molecule has 0 aromatic carbocycles. The number of rotatable bonds is 2. The maximum atomic E-state index is 11.4. The Morgan fingerprint density at radius 2 is 1.53 bits per heavy atom. The Morgan fingerprint density at radius 3 is 2.11 bits per heavy atom. The normalized spacial score (nSPS) is 39.3. The molecule has 0 radical (unpaired) electrons. The number of aliphatic hydroxyl groups is 1. The lowest BCUT2D eigenvalue weighted by atomic mass is 9.50. The minimum atomic E-state index is -0.666. The smallest absolute Gasteiger partial charge is 0.0863 e. The molecule has 2 heteroatoms. The second kappa shape index (κ2) is 5.09. The molecule has 0 aliphatic heterocycles. The first kappa shape index (κ1) is 13.4. The quantitative estimate of drug-likeness (QED) is 0.810. The predicted molar refractivity (Wildman–Crippen MR) is 75.4 cm³/mol. The molecule has 0 heterocycles.